The van der Waals surface area contributed by atoms with E-state index in [0.717, 1.165) is 12.1 Å². The number of hydrogen-bond acceptors (Lipinski definition) is 3. The highest BCUT2D eigenvalue weighted by Crippen LogP contribution is 2.20. The summed E-state index contributed by atoms with van der Waals surface area (Å²) in [5, 5.41) is 3.67. The van der Waals surface area contributed by atoms with Crippen LogP contribution in [-0.4, -0.2) is 9.97 Å². The van der Waals surface area contributed by atoms with Crippen molar-refractivity contribution in [2.75, 3.05) is 5.32 Å². The minimum atomic E-state index is 0.437. The van der Waals surface area contributed by atoms with Gasteiger partial charge in [-0.1, -0.05) is 36.7 Å². The van der Waals surface area contributed by atoms with Crippen molar-refractivity contribution in [3.63, 3.8) is 0 Å². The molecule has 0 bridgehead atoms. The predicted molar refractivity (Wildman–Crippen MR) is 66.1 cm³/mol. The average molecular weight is 234 g/mol. The number of halogens is 1. The summed E-state index contributed by atoms with van der Waals surface area (Å²) < 4.78 is 0. The van der Waals surface area contributed by atoms with Crippen molar-refractivity contribution < 1.29 is 0 Å². The number of nitrogens with one attached hydrogen (secondary N) is 1. The maximum Gasteiger partial charge on any atom is 0.135 e. The summed E-state index contributed by atoms with van der Waals surface area (Å²) in [5.41, 5.74) is 2.30. The number of aryl methyl sites for hydroxylation is 1. The first-order valence-electron chi connectivity index (χ1n) is 5.12. The Morgan fingerprint density at radius 3 is 2.81 bits per heavy atom. The van der Waals surface area contributed by atoms with E-state index >= 15 is 0 Å². The van der Waals surface area contributed by atoms with E-state index in [4.69, 9.17) is 11.6 Å². The lowest BCUT2D eigenvalue weighted by Crippen LogP contribution is -1.97. The zero-order valence-corrected chi connectivity index (χ0v) is 9.70. The molecule has 0 fully saturated rings. The Labute approximate surface area is 99.5 Å². The molecule has 0 saturated heterocycles. The SMILES string of the molecule is CCc1ccccc1Nc1cc(Cl)ncn1. The quantitative estimate of drug-likeness (QED) is 0.826. The van der Waals surface area contributed by atoms with Gasteiger partial charge in [0.1, 0.15) is 17.3 Å². The maximum atomic E-state index is 5.79. The van der Waals surface area contributed by atoms with Crippen molar-refractivity contribution in [1.82, 2.24) is 9.97 Å². The van der Waals surface area contributed by atoms with E-state index in [1.807, 2.05) is 18.2 Å². The van der Waals surface area contributed by atoms with Crippen molar-refractivity contribution >= 4 is 23.1 Å². The van der Waals surface area contributed by atoms with Gasteiger partial charge >= 0.3 is 0 Å². The van der Waals surface area contributed by atoms with Gasteiger partial charge in [-0.3, -0.25) is 0 Å². The summed E-state index contributed by atoms with van der Waals surface area (Å²) in [6.45, 7) is 2.12. The number of aromatic nitrogens is 2. The van der Waals surface area contributed by atoms with E-state index < -0.39 is 0 Å². The maximum absolute atomic E-state index is 5.79. The van der Waals surface area contributed by atoms with Crippen molar-refractivity contribution in [1.29, 1.82) is 0 Å². The first-order chi connectivity index (χ1) is 7.79. The Balaban J connectivity index is 2.26. The van der Waals surface area contributed by atoms with Gasteiger partial charge in [-0.05, 0) is 18.1 Å². The van der Waals surface area contributed by atoms with Gasteiger partial charge in [0.05, 0.1) is 0 Å². The molecule has 0 amide bonds. The molecule has 82 valence electrons. The smallest absolute Gasteiger partial charge is 0.135 e. The molecule has 1 aromatic carbocycles. The lowest BCUT2D eigenvalue weighted by molar-refractivity contribution is 1.13. The van der Waals surface area contributed by atoms with E-state index in [2.05, 4.69) is 28.3 Å². The summed E-state index contributed by atoms with van der Waals surface area (Å²) >= 11 is 5.79. The molecule has 0 aliphatic carbocycles. The molecule has 16 heavy (non-hydrogen) atoms. The number of anilines is 2. The third-order valence-corrected chi connectivity index (χ3v) is 2.50. The molecule has 2 rings (SSSR count). The van der Waals surface area contributed by atoms with Crippen molar-refractivity contribution in [3.05, 3.63) is 47.4 Å². The van der Waals surface area contributed by atoms with Crippen LogP contribution in [0.1, 0.15) is 12.5 Å². The van der Waals surface area contributed by atoms with Crippen molar-refractivity contribution in [2.45, 2.75) is 13.3 Å². The molecule has 2 aromatic rings. The van der Waals surface area contributed by atoms with Gasteiger partial charge < -0.3 is 5.32 Å². The summed E-state index contributed by atoms with van der Waals surface area (Å²) in [6.07, 6.45) is 2.42. The number of nitrogens with zero attached hydrogens (tertiary/aromatic N) is 2. The Kier molecular flexibility index (Phi) is 3.37. The van der Waals surface area contributed by atoms with Crippen LogP contribution in [0, 0.1) is 0 Å². The normalized spacial score (nSPS) is 10.1. The summed E-state index contributed by atoms with van der Waals surface area (Å²) in [4.78, 5) is 7.94. The van der Waals surface area contributed by atoms with Crippen LogP contribution in [0.25, 0.3) is 0 Å². The largest absolute Gasteiger partial charge is 0.340 e. The minimum Gasteiger partial charge on any atom is -0.340 e. The highest BCUT2D eigenvalue weighted by molar-refractivity contribution is 6.29. The van der Waals surface area contributed by atoms with Gasteiger partial charge in [-0.25, -0.2) is 9.97 Å². The van der Waals surface area contributed by atoms with Gasteiger partial charge in [0.25, 0.3) is 0 Å². The molecule has 0 saturated carbocycles. The molecule has 0 radical (unpaired) electrons. The molecule has 1 heterocycles. The number of para-hydroxylation sites is 1. The Morgan fingerprint density at radius 1 is 1.25 bits per heavy atom. The molecule has 0 aliphatic rings. The van der Waals surface area contributed by atoms with Gasteiger partial charge in [0.2, 0.25) is 0 Å². The standard InChI is InChI=1S/C12H12ClN3/c1-2-9-5-3-4-6-10(9)16-12-7-11(13)14-8-15-12/h3-8H,2H2,1H3,(H,14,15,16). The van der Waals surface area contributed by atoms with Crippen LogP contribution in [0.2, 0.25) is 5.15 Å². The highest BCUT2D eigenvalue weighted by Gasteiger charge is 2.01. The fourth-order valence-corrected chi connectivity index (χ4v) is 1.64. The van der Waals surface area contributed by atoms with E-state index in [1.54, 1.807) is 6.07 Å². The van der Waals surface area contributed by atoms with Crippen LogP contribution in [0.15, 0.2) is 36.7 Å². The first-order valence-corrected chi connectivity index (χ1v) is 5.50. The van der Waals surface area contributed by atoms with Gasteiger partial charge in [-0.15, -0.1) is 0 Å². The number of hydrogen-bond donors (Lipinski definition) is 1. The molecular weight excluding hydrogens is 222 g/mol. The molecule has 4 heteroatoms. The van der Waals surface area contributed by atoms with Crippen LogP contribution in [-0.2, 0) is 6.42 Å². The van der Waals surface area contributed by atoms with Crippen LogP contribution >= 0.6 is 11.6 Å². The van der Waals surface area contributed by atoms with Crippen molar-refractivity contribution in [3.8, 4) is 0 Å². The Morgan fingerprint density at radius 2 is 2.06 bits per heavy atom. The minimum absolute atomic E-state index is 0.437. The van der Waals surface area contributed by atoms with Crippen LogP contribution < -0.4 is 5.32 Å². The molecule has 0 unspecified atom stereocenters. The second-order valence-electron chi connectivity index (χ2n) is 3.36. The topological polar surface area (TPSA) is 37.8 Å². The van der Waals surface area contributed by atoms with Crippen LogP contribution in [0.4, 0.5) is 11.5 Å². The Hall–Kier alpha value is -1.61. The van der Waals surface area contributed by atoms with Crippen molar-refractivity contribution in [2.24, 2.45) is 0 Å². The van der Waals surface area contributed by atoms with Gasteiger partial charge in [-0.2, -0.15) is 0 Å². The summed E-state index contributed by atoms with van der Waals surface area (Å²) in [7, 11) is 0. The second-order valence-corrected chi connectivity index (χ2v) is 3.75. The second kappa shape index (κ2) is 4.94. The predicted octanol–water partition coefficient (Wildman–Crippen LogP) is 3.44. The summed E-state index contributed by atoms with van der Waals surface area (Å²) in [6, 6.07) is 9.83. The fraction of sp³-hybridized carbons (Fsp3) is 0.167. The third-order valence-electron chi connectivity index (χ3n) is 2.29. The van der Waals surface area contributed by atoms with Crippen LogP contribution in [0.3, 0.4) is 0 Å². The van der Waals surface area contributed by atoms with E-state index in [9.17, 15) is 0 Å². The molecular formula is C12H12ClN3. The zero-order valence-electron chi connectivity index (χ0n) is 8.94. The number of rotatable bonds is 3. The molecule has 0 spiro atoms. The lowest BCUT2D eigenvalue weighted by atomic mass is 10.1. The fourth-order valence-electron chi connectivity index (χ4n) is 1.49. The Bertz CT molecular complexity index is 485. The monoisotopic (exact) mass is 233 g/mol. The van der Waals surface area contributed by atoms with Crippen LogP contribution in [0.5, 0.6) is 0 Å². The molecule has 0 aliphatic heterocycles. The van der Waals surface area contributed by atoms with E-state index in [1.165, 1.54) is 11.9 Å². The lowest BCUT2D eigenvalue weighted by Gasteiger charge is -2.09. The summed E-state index contributed by atoms with van der Waals surface area (Å²) in [5.74, 6) is 0.709. The van der Waals surface area contributed by atoms with E-state index in [-0.39, 0.29) is 0 Å². The number of benzene rings is 1. The average Bonchev–Trinajstić information content (AvgIpc) is 2.30. The van der Waals surface area contributed by atoms with Gasteiger partial charge in [0, 0.05) is 11.8 Å². The third kappa shape index (κ3) is 2.49. The van der Waals surface area contributed by atoms with E-state index in [0.29, 0.717) is 11.0 Å². The molecule has 0 atom stereocenters. The molecule has 3 nitrogen and oxygen atoms in total. The molecule has 1 aromatic heterocycles. The highest BCUT2D eigenvalue weighted by atomic mass is 35.5. The zero-order chi connectivity index (χ0) is 11.4. The van der Waals surface area contributed by atoms with Gasteiger partial charge in [0.15, 0.2) is 0 Å². The molecule has 1 N–H and O–H groups in total. The first kappa shape index (κ1) is 10.9.